The second-order valence-electron chi connectivity index (χ2n) is 7.65. The van der Waals surface area contributed by atoms with Gasteiger partial charge in [0.05, 0.1) is 19.5 Å². The number of nitrogens with zero attached hydrogens (tertiary/aromatic N) is 4. The number of hydrogen-bond acceptors (Lipinski definition) is 5. The van der Waals surface area contributed by atoms with Crippen LogP contribution in [0.15, 0.2) is 41.5 Å². The quantitative estimate of drug-likeness (QED) is 0.870. The SMILES string of the molecule is COc1ccc([C@H]2[C@@H]3CN(c4cc(=O)[nH]cn4)C[C@@H]3CN2C(=O)N(C)C)cc1. The van der Waals surface area contributed by atoms with Crippen LogP contribution in [-0.2, 0) is 0 Å². The van der Waals surface area contributed by atoms with Gasteiger partial charge in [0.25, 0.3) is 5.56 Å². The summed E-state index contributed by atoms with van der Waals surface area (Å²) in [5.41, 5.74) is 0.947. The van der Waals surface area contributed by atoms with Gasteiger partial charge in [-0.2, -0.15) is 0 Å². The van der Waals surface area contributed by atoms with Crippen molar-refractivity contribution in [1.82, 2.24) is 19.8 Å². The Bertz CT molecular complexity index is 911. The molecule has 0 bridgehead atoms. The number of carbonyl (C=O) groups excluding carboxylic acids is 1. The van der Waals surface area contributed by atoms with E-state index in [0.717, 1.165) is 24.4 Å². The van der Waals surface area contributed by atoms with Gasteiger partial charge in [0.1, 0.15) is 11.6 Å². The van der Waals surface area contributed by atoms with Crippen LogP contribution in [0, 0.1) is 11.8 Å². The molecule has 2 aliphatic heterocycles. The topological polar surface area (TPSA) is 81.8 Å². The normalized spacial score (nSPS) is 23.6. The zero-order valence-electron chi connectivity index (χ0n) is 16.3. The van der Waals surface area contributed by atoms with E-state index in [-0.39, 0.29) is 23.6 Å². The van der Waals surface area contributed by atoms with Gasteiger partial charge in [-0.3, -0.25) is 4.79 Å². The number of carbonyl (C=O) groups is 1. The highest BCUT2D eigenvalue weighted by Gasteiger charge is 2.49. The number of likely N-dealkylation sites (tertiary alicyclic amines) is 1. The summed E-state index contributed by atoms with van der Waals surface area (Å²) in [4.78, 5) is 37.1. The maximum atomic E-state index is 12.8. The molecule has 1 N–H and O–H groups in total. The van der Waals surface area contributed by atoms with E-state index < -0.39 is 0 Å². The van der Waals surface area contributed by atoms with Crippen molar-refractivity contribution < 1.29 is 9.53 Å². The van der Waals surface area contributed by atoms with Crippen LogP contribution in [0.25, 0.3) is 0 Å². The average Bonchev–Trinajstić information content (AvgIpc) is 3.25. The molecular weight excluding hydrogens is 358 g/mol. The van der Waals surface area contributed by atoms with Crippen LogP contribution in [0.5, 0.6) is 5.75 Å². The van der Waals surface area contributed by atoms with Crippen molar-refractivity contribution in [3.05, 3.63) is 52.6 Å². The fraction of sp³-hybridized carbons (Fsp3) is 0.450. The van der Waals surface area contributed by atoms with Crippen molar-refractivity contribution >= 4 is 11.8 Å². The molecule has 2 saturated heterocycles. The lowest BCUT2D eigenvalue weighted by Crippen LogP contribution is -2.41. The monoisotopic (exact) mass is 383 g/mol. The van der Waals surface area contributed by atoms with Gasteiger partial charge in [0, 0.05) is 51.6 Å². The maximum Gasteiger partial charge on any atom is 0.320 e. The van der Waals surface area contributed by atoms with Gasteiger partial charge >= 0.3 is 6.03 Å². The van der Waals surface area contributed by atoms with Crippen molar-refractivity contribution in [2.24, 2.45) is 11.8 Å². The summed E-state index contributed by atoms with van der Waals surface area (Å²) in [5, 5.41) is 0. The molecule has 2 aromatic rings. The third kappa shape index (κ3) is 3.19. The number of nitrogens with one attached hydrogen (secondary N) is 1. The summed E-state index contributed by atoms with van der Waals surface area (Å²) >= 11 is 0. The molecule has 28 heavy (non-hydrogen) atoms. The molecule has 3 atom stereocenters. The number of aromatic amines is 1. The van der Waals surface area contributed by atoms with Gasteiger partial charge in [-0.25, -0.2) is 9.78 Å². The lowest BCUT2D eigenvalue weighted by atomic mass is 9.89. The van der Waals surface area contributed by atoms with Gasteiger partial charge in [-0.05, 0) is 17.7 Å². The summed E-state index contributed by atoms with van der Waals surface area (Å²) < 4.78 is 5.28. The van der Waals surface area contributed by atoms with E-state index in [1.54, 1.807) is 26.1 Å². The molecule has 2 amide bonds. The fourth-order valence-electron chi connectivity index (χ4n) is 4.45. The number of anilines is 1. The van der Waals surface area contributed by atoms with Crippen LogP contribution in [0.3, 0.4) is 0 Å². The van der Waals surface area contributed by atoms with Crippen molar-refractivity contribution in [1.29, 1.82) is 0 Å². The molecule has 3 heterocycles. The molecule has 0 aliphatic carbocycles. The minimum absolute atomic E-state index is 0.0159. The summed E-state index contributed by atoms with van der Waals surface area (Å²) in [7, 11) is 5.22. The molecule has 8 nitrogen and oxygen atoms in total. The van der Waals surface area contributed by atoms with Crippen LogP contribution >= 0.6 is 0 Å². The first-order valence-electron chi connectivity index (χ1n) is 9.39. The van der Waals surface area contributed by atoms with E-state index >= 15 is 0 Å². The maximum absolute atomic E-state index is 12.8. The third-order valence-electron chi connectivity index (χ3n) is 5.74. The molecular formula is C20H25N5O3. The van der Waals surface area contributed by atoms with E-state index in [1.807, 2.05) is 29.2 Å². The first kappa shape index (κ1) is 18.3. The highest BCUT2D eigenvalue weighted by atomic mass is 16.5. The Hall–Kier alpha value is -3.03. The number of fused-ring (bicyclic) bond motifs is 1. The molecule has 1 aromatic heterocycles. The van der Waals surface area contributed by atoms with Gasteiger partial charge in [0.2, 0.25) is 0 Å². The van der Waals surface area contributed by atoms with Gasteiger partial charge in [0.15, 0.2) is 0 Å². The minimum atomic E-state index is -0.154. The second-order valence-corrected chi connectivity index (χ2v) is 7.65. The molecule has 0 radical (unpaired) electrons. The highest BCUT2D eigenvalue weighted by molar-refractivity contribution is 5.75. The number of amides is 2. The van der Waals surface area contributed by atoms with E-state index in [2.05, 4.69) is 14.9 Å². The van der Waals surface area contributed by atoms with Crippen LogP contribution in [0.2, 0.25) is 0 Å². The van der Waals surface area contributed by atoms with Crippen molar-refractivity contribution in [3.8, 4) is 5.75 Å². The zero-order valence-corrected chi connectivity index (χ0v) is 16.3. The second kappa shape index (κ2) is 7.18. The van der Waals surface area contributed by atoms with Crippen molar-refractivity contribution in [2.45, 2.75) is 6.04 Å². The Morgan fingerprint density at radius 3 is 2.61 bits per heavy atom. The standard InChI is InChI=1S/C20H25N5O3/c1-23(2)20(27)25-10-14-9-24(17-8-18(26)22-12-21-17)11-16(14)19(25)13-4-6-15(28-3)7-5-13/h4-8,12,14,16,19H,9-11H2,1-3H3,(H,21,22,26)/t14-,16-,19+/m1/s1. The smallest absolute Gasteiger partial charge is 0.320 e. The van der Waals surface area contributed by atoms with Crippen molar-refractivity contribution in [2.75, 3.05) is 45.7 Å². The molecule has 0 saturated carbocycles. The van der Waals surface area contributed by atoms with Gasteiger partial charge in [-0.1, -0.05) is 12.1 Å². The molecule has 0 spiro atoms. The molecule has 8 heteroatoms. The van der Waals surface area contributed by atoms with Crippen LogP contribution in [0.1, 0.15) is 11.6 Å². The molecule has 1 aromatic carbocycles. The van der Waals surface area contributed by atoms with Crippen molar-refractivity contribution in [3.63, 3.8) is 0 Å². The number of benzene rings is 1. The van der Waals surface area contributed by atoms with E-state index in [4.69, 9.17) is 4.74 Å². The molecule has 2 fully saturated rings. The van der Waals surface area contributed by atoms with Gasteiger partial charge in [-0.15, -0.1) is 0 Å². The first-order valence-corrected chi connectivity index (χ1v) is 9.39. The number of aromatic nitrogens is 2. The summed E-state index contributed by atoms with van der Waals surface area (Å²) in [6.07, 6.45) is 1.44. The average molecular weight is 383 g/mol. The lowest BCUT2D eigenvalue weighted by molar-refractivity contribution is 0.159. The number of methoxy groups -OCH3 is 1. The van der Waals surface area contributed by atoms with Crippen LogP contribution in [-0.4, -0.2) is 66.6 Å². The van der Waals surface area contributed by atoms with Gasteiger partial charge < -0.3 is 24.4 Å². The predicted molar refractivity (Wildman–Crippen MR) is 106 cm³/mol. The first-order chi connectivity index (χ1) is 13.5. The number of ether oxygens (including phenoxy) is 1. The molecule has 148 valence electrons. The Morgan fingerprint density at radius 2 is 1.96 bits per heavy atom. The number of urea groups is 1. The number of rotatable bonds is 3. The highest BCUT2D eigenvalue weighted by Crippen LogP contribution is 2.46. The zero-order chi connectivity index (χ0) is 19.8. The molecule has 2 aliphatic rings. The van der Waals surface area contributed by atoms with Crippen LogP contribution < -0.4 is 15.2 Å². The van der Waals surface area contributed by atoms with E-state index in [0.29, 0.717) is 18.3 Å². The minimum Gasteiger partial charge on any atom is -0.497 e. The predicted octanol–water partition coefficient (Wildman–Crippen LogP) is 1.57. The van der Waals surface area contributed by atoms with E-state index in [1.165, 1.54) is 12.4 Å². The molecule has 0 unspecified atom stereocenters. The summed E-state index contributed by atoms with van der Waals surface area (Å²) in [6, 6.07) is 9.49. The Labute approximate surface area is 163 Å². The fourth-order valence-corrected chi connectivity index (χ4v) is 4.45. The summed E-state index contributed by atoms with van der Waals surface area (Å²) in [5.74, 6) is 2.09. The third-order valence-corrected chi connectivity index (χ3v) is 5.74. The Morgan fingerprint density at radius 1 is 1.21 bits per heavy atom. The number of hydrogen-bond donors (Lipinski definition) is 1. The van der Waals surface area contributed by atoms with Crippen LogP contribution in [0.4, 0.5) is 10.6 Å². The lowest BCUT2D eigenvalue weighted by Gasteiger charge is -2.32. The largest absolute Gasteiger partial charge is 0.497 e. The summed E-state index contributed by atoms with van der Waals surface area (Å²) in [6.45, 7) is 2.23. The van der Waals surface area contributed by atoms with E-state index in [9.17, 15) is 9.59 Å². The number of H-pyrrole nitrogens is 1. The Balaban J connectivity index is 1.64. The molecule has 4 rings (SSSR count). The Kier molecular flexibility index (Phi) is 4.70.